The first-order valence-electron chi connectivity index (χ1n) is 9.22. The van der Waals surface area contributed by atoms with Crippen LogP contribution in [0, 0.1) is 0 Å². The van der Waals surface area contributed by atoms with Crippen molar-refractivity contribution in [3.63, 3.8) is 0 Å². The summed E-state index contributed by atoms with van der Waals surface area (Å²) in [4.78, 5) is 18.2. The minimum Gasteiger partial charge on any atom is -0.482 e. The van der Waals surface area contributed by atoms with Crippen molar-refractivity contribution in [1.29, 1.82) is 0 Å². The van der Waals surface area contributed by atoms with Crippen LogP contribution in [0.4, 0.5) is 5.69 Å². The third-order valence-electron chi connectivity index (χ3n) is 4.81. The summed E-state index contributed by atoms with van der Waals surface area (Å²) < 4.78 is 11.3. The number of hydrogen-bond acceptors (Lipinski definition) is 4. The molecule has 1 atom stereocenters. The Morgan fingerprint density at radius 3 is 2.89 bits per heavy atom. The molecule has 2 aliphatic rings. The quantitative estimate of drug-likeness (QED) is 0.278. The van der Waals surface area contributed by atoms with Crippen molar-refractivity contribution in [2.24, 2.45) is 4.99 Å². The van der Waals surface area contributed by atoms with Crippen LogP contribution in [0.3, 0.4) is 0 Å². The number of guanidine groups is 1. The van der Waals surface area contributed by atoms with Crippen molar-refractivity contribution in [1.82, 2.24) is 10.6 Å². The van der Waals surface area contributed by atoms with Gasteiger partial charge in [-0.05, 0) is 38.3 Å². The number of nitrogens with zero attached hydrogens (tertiary/aromatic N) is 2. The van der Waals surface area contributed by atoms with Gasteiger partial charge in [-0.2, -0.15) is 0 Å². The van der Waals surface area contributed by atoms with E-state index in [1.54, 1.807) is 11.9 Å². The van der Waals surface area contributed by atoms with E-state index in [0.29, 0.717) is 6.54 Å². The fraction of sp³-hybridized carbons (Fsp3) is 0.579. The van der Waals surface area contributed by atoms with E-state index in [2.05, 4.69) is 22.5 Å². The second-order valence-corrected chi connectivity index (χ2v) is 6.91. The topological polar surface area (TPSA) is 75.2 Å². The largest absolute Gasteiger partial charge is 0.482 e. The summed E-state index contributed by atoms with van der Waals surface area (Å²) in [5, 5.41) is 6.63. The molecule has 1 saturated heterocycles. The molecule has 2 heterocycles. The zero-order valence-corrected chi connectivity index (χ0v) is 18.3. The average molecular weight is 488 g/mol. The van der Waals surface area contributed by atoms with Gasteiger partial charge in [0.05, 0.1) is 11.3 Å². The molecule has 0 bridgehead atoms. The van der Waals surface area contributed by atoms with Gasteiger partial charge in [0.2, 0.25) is 0 Å². The standard InChI is InChI=1S/C19H28N4O3.HI/c1-19(9-5-12-26-19)14-22-18(20-2)21-10-6-11-23-15-7-3-4-8-16(15)25-13-17(23)24;/h3-4,7-8H,5-6,9-14H2,1-2H3,(H2,20,21,22);1H. The number of benzene rings is 1. The Labute approximate surface area is 177 Å². The van der Waals surface area contributed by atoms with Crippen molar-refractivity contribution >= 4 is 41.5 Å². The third-order valence-corrected chi connectivity index (χ3v) is 4.81. The monoisotopic (exact) mass is 488 g/mol. The molecule has 0 saturated carbocycles. The summed E-state index contributed by atoms with van der Waals surface area (Å²) in [6.07, 6.45) is 2.99. The molecule has 1 aromatic carbocycles. The van der Waals surface area contributed by atoms with Gasteiger partial charge in [0.25, 0.3) is 5.91 Å². The highest BCUT2D eigenvalue weighted by atomic mass is 127. The van der Waals surface area contributed by atoms with Crippen molar-refractivity contribution in [3.8, 4) is 5.75 Å². The van der Waals surface area contributed by atoms with Crippen LogP contribution < -0.4 is 20.3 Å². The molecule has 0 aliphatic carbocycles. The molecule has 150 valence electrons. The maximum atomic E-state index is 12.2. The Hall–Kier alpha value is -1.55. The van der Waals surface area contributed by atoms with E-state index >= 15 is 0 Å². The molecule has 0 radical (unpaired) electrons. The number of amides is 1. The Bertz CT molecular complexity index is 662. The Morgan fingerprint density at radius 1 is 1.33 bits per heavy atom. The maximum absolute atomic E-state index is 12.2. The first-order valence-corrected chi connectivity index (χ1v) is 9.22. The number of aliphatic imine (C=N–C) groups is 1. The normalized spacial score (nSPS) is 21.9. The number of anilines is 1. The molecular formula is C19H29IN4O3. The molecule has 8 heteroatoms. The van der Waals surface area contributed by atoms with E-state index in [4.69, 9.17) is 9.47 Å². The van der Waals surface area contributed by atoms with Gasteiger partial charge in [-0.3, -0.25) is 9.79 Å². The van der Waals surface area contributed by atoms with Crippen LogP contribution in [0.25, 0.3) is 0 Å². The second-order valence-electron chi connectivity index (χ2n) is 6.91. The molecule has 2 aliphatic heterocycles. The first kappa shape index (κ1) is 21.7. The minimum absolute atomic E-state index is 0. The summed E-state index contributed by atoms with van der Waals surface area (Å²) in [6.45, 7) is 5.17. The molecule has 1 unspecified atom stereocenters. The Morgan fingerprint density at radius 2 is 2.15 bits per heavy atom. The van der Waals surface area contributed by atoms with E-state index in [1.165, 1.54) is 0 Å². The summed E-state index contributed by atoms with van der Waals surface area (Å²) in [5.41, 5.74) is 0.735. The first-order chi connectivity index (χ1) is 12.6. The lowest BCUT2D eigenvalue weighted by Crippen LogP contribution is -2.46. The minimum atomic E-state index is -0.110. The fourth-order valence-corrected chi connectivity index (χ4v) is 3.31. The number of carbonyl (C=O) groups excluding carboxylic acids is 1. The SMILES string of the molecule is CN=C(NCCCN1C(=O)COc2ccccc21)NCC1(C)CCCO1.I. The fourth-order valence-electron chi connectivity index (χ4n) is 3.31. The van der Waals surface area contributed by atoms with Gasteiger partial charge >= 0.3 is 0 Å². The highest BCUT2D eigenvalue weighted by Gasteiger charge is 2.29. The van der Waals surface area contributed by atoms with Crippen LogP contribution in [0.5, 0.6) is 5.75 Å². The van der Waals surface area contributed by atoms with E-state index in [-0.39, 0.29) is 42.1 Å². The molecule has 3 rings (SSSR count). The van der Waals surface area contributed by atoms with Crippen LogP contribution in [0.2, 0.25) is 0 Å². The summed E-state index contributed by atoms with van der Waals surface area (Å²) in [6, 6.07) is 7.65. The van der Waals surface area contributed by atoms with Gasteiger partial charge in [-0.1, -0.05) is 12.1 Å². The van der Waals surface area contributed by atoms with Crippen LogP contribution >= 0.6 is 24.0 Å². The number of halogens is 1. The Kier molecular flexibility index (Phi) is 8.15. The number of ether oxygens (including phenoxy) is 2. The molecule has 0 aromatic heterocycles. The second kappa shape index (κ2) is 10.1. The Balaban J connectivity index is 0.00000261. The van der Waals surface area contributed by atoms with Crippen LogP contribution in [0.15, 0.2) is 29.3 Å². The van der Waals surface area contributed by atoms with Crippen molar-refractivity contribution < 1.29 is 14.3 Å². The van der Waals surface area contributed by atoms with Crippen molar-refractivity contribution in [3.05, 3.63) is 24.3 Å². The lowest BCUT2D eigenvalue weighted by atomic mass is 10.0. The van der Waals surface area contributed by atoms with E-state index in [0.717, 1.165) is 56.4 Å². The highest BCUT2D eigenvalue weighted by molar-refractivity contribution is 14.0. The highest BCUT2D eigenvalue weighted by Crippen LogP contribution is 2.31. The van der Waals surface area contributed by atoms with Crippen molar-refractivity contribution in [2.75, 3.05) is 44.8 Å². The van der Waals surface area contributed by atoms with E-state index in [9.17, 15) is 4.79 Å². The predicted octanol–water partition coefficient (Wildman–Crippen LogP) is 2.15. The van der Waals surface area contributed by atoms with Gasteiger partial charge in [0.1, 0.15) is 5.75 Å². The molecule has 0 spiro atoms. The lowest BCUT2D eigenvalue weighted by molar-refractivity contribution is -0.121. The number of nitrogens with one attached hydrogen (secondary N) is 2. The summed E-state index contributed by atoms with van der Waals surface area (Å²) in [5.74, 6) is 1.52. The zero-order chi connectivity index (χ0) is 18.4. The number of carbonyl (C=O) groups is 1. The average Bonchev–Trinajstić information content (AvgIpc) is 3.09. The maximum Gasteiger partial charge on any atom is 0.265 e. The van der Waals surface area contributed by atoms with E-state index in [1.807, 2.05) is 24.3 Å². The van der Waals surface area contributed by atoms with Crippen LogP contribution in [-0.4, -0.2) is 57.4 Å². The van der Waals surface area contributed by atoms with Gasteiger partial charge in [-0.15, -0.1) is 24.0 Å². The van der Waals surface area contributed by atoms with Crippen LogP contribution in [-0.2, 0) is 9.53 Å². The molecule has 1 amide bonds. The zero-order valence-electron chi connectivity index (χ0n) is 16.0. The molecule has 27 heavy (non-hydrogen) atoms. The molecule has 1 fully saturated rings. The van der Waals surface area contributed by atoms with Gasteiger partial charge < -0.3 is 25.0 Å². The number of rotatable bonds is 6. The molecule has 2 N–H and O–H groups in total. The smallest absolute Gasteiger partial charge is 0.265 e. The van der Waals surface area contributed by atoms with Gasteiger partial charge in [0, 0.05) is 33.3 Å². The molecular weight excluding hydrogens is 459 g/mol. The van der Waals surface area contributed by atoms with Gasteiger partial charge in [0.15, 0.2) is 12.6 Å². The van der Waals surface area contributed by atoms with E-state index < -0.39 is 0 Å². The lowest BCUT2D eigenvalue weighted by Gasteiger charge is -2.29. The number of hydrogen-bond donors (Lipinski definition) is 2. The summed E-state index contributed by atoms with van der Waals surface area (Å²) >= 11 is 0. The molecule has 1 aromatic rings. The predicted molar refractivity (Wildman–Crippen MR) is 117 cm³/mol. The molecule has 7 nitrogen and oxygen atoms in total. The van der Waals surface area contributed by atoms with Crippen LogP contribution in [0.1, 0.15) is 26.2 Å². The third kappa shape index (κ3) is 5.71. The van der Waals surface area contributed by atoms with Crippen molar-refractivity contribution in [2.45, 2.75) is 31.8 Å². The summed E-state index contributed by atoms with van der Waals surface area (Å²) in [7, 11) is 1.76. The number of fused-ring (bicyclic) bond motifs is 1. The number of para-hydroxylation sites is 2. The van der Waals surface area contributed by atoms with Gasteiger partial charge in [-0.25, -0.2) is 0 Å².